The van der Waals surface area contributed by atoms with Crippen molar-refractivity contribution in [1.82, 2.24) is 0 Å². The van der Waals surface area contributed by atoms with Crippen LogP contribution in [0.2, 0.25) is 0 Å². The number of carbonyl (C=O) groups excluding carboxylic acids is 1. The van der Waals surface area contributed by atoms with Gasteiger partial charge in [0, 0.05) is 11.3 Å². The van der Waals surface area contributed by atoms with Crippen molar-refractivity contribution in [1.29, 1.82) is 0 Å². The van der Waals surface area contributed by atoms with Gasteiger partial charge in [0.15, 0.2) is 0 Å². The first-order valence-electron chi connectivity index (χ1n) is 12.2. The lowest BCUT2D eigenvalue weighted by atomic mass is 9.79. The molecule has 0 fully saturated rings. The van der Waals surface area contributed by atoms with Crippen molar-refractivity contribution >= 4 is 17.6 Å². The highest BCUT2D eigenvalue weighted by Crippen LogP contribution is 2.46. The van der Waals surface area contributed by atoms with Crippen LogP contribution in [-0.2, 0) is 17.6 Å². The summed E-state index contributed by atoms with van der Waals surface area (Å²) in [6.45, 7) is 0. The summed E-state index contributed by atoms with van der Waals surface area (Å²) in [4.78, 5) is 28.3. The van der Waals surface area contributed by atoms with Crippen LogP contribution in [0.3, 0.4) is 0 Å². The summed E-state index contributed by atoms with van der Waals surface area (Å²) < 4.78 is 5.94. The molecule has 36 heavy (non-hydrogen) atoms. The van der Waals surface area contributed by atoms with Crippen molar-refractivity contribution < 1.29 is 19.4 Å². The predicted molar refractivity (Wildman–Crippen MR) is 138 cm³/mol. The van der Waals surface area contributed by atoms with Crippen molar-refractivity contribution in [3.05, 3.63) is 125 Å². The minimum absolute atomic E-state index is 0.185. The summed E-state index contributed by atoms with van der Waals surface area (Å²) in [5.74, 6) is -0.696. The molecule has 1 aliphatic carbocycles. The van der Waals surface area contributed by atoms with E-state index in [9.17, 15) is 14.7 Å². The Morgan fingerprint density at radius 3 is 2.28 bits per heavy atom. The molecule has 1 N–H and O–H groups in total. The van der Waals surface area contributed by atoms with Gasteiger partial charge in [0.25, 0.3) is 5.91 Å². The van der Waals surface area contributed by atoms with E-state index in [1.807, 2.05) is 60.7 Å². The number of hydrogen-bond acceptors (Lipinski definition) is 3. The minimum Gasteiger partial charge on any atom is -0.481 e. The number of ether oxygens (including phenoxy) is 1. The second-order valence-electron chi connectivity index (χ2n) is 9.31. The van der Waals surface area contributed by atoms with Crippen molar-refractivity contribution in [3.8, 4) is 11.5 Å². The first-order chi connectivity index (χ1) is 17.6. The number of benzene rings is 4. The quantitative estimate of drug-likeness (QED) is 0.356. The average molecular weight is 476 g/mol. The molecule has 5 nitrogen and oxygen atoms in total. The van der Waals surface area contributed by atoms with Crippen LogP contribution in [0.4, 0.5) is 5.69 Å². The van der Waals surface area contributed by atoms with E-state index in [1.54, 1.807) is 29.2 Å². The molecule has 0 radical (unpaired) electrons. The number of carboxylic acid groups (broad SMARTS) is 1. The Labute approximate surface area is 209 Å². The smallest absolute Gasteiger partial charge is 0.313 e. The molecule has 0 saturated heterocycles. The Morgan fingerprint density at radius 2 is 1.50 bits per heavy atom. The van der Waals surface area contributed by atoms with E-state index in [2.05, 4.69) is 12.1 Å². The molecule has 0 saturated carbocycles. The molecular formula is C31H25NO4. The van der Waals surface area contributed by atoms with Crippen LogP contribution in [0.15, 0.2) is 97.1 Å². The fourth-order valence-corrected chi connectivity index (χ4v) is 5.49. The molecule has 1 aliphatic heterocycles. The van der Waals surface area contributed by atoms with Gasteiger partial charge in [-0.2, -0.15) is 0 Å². The molecule has 6 rings (SSSR count). The van der Waals surface area contributed by atoms with E-state index >= 15 is 0 Å². The molecule has 4 aromatic carbocycles. The van der Waals surface area contributed by atoms with Crippen molar-refractivity contribution in [2.45, 2.75) is 31.2 Å². The number of para-hydroxylation sites is 1. The summed E-state index contributed by atoms with van der Waals surface area (Å²) in [6, 6.07) is 29.3. The highest BCUT2D eigenvalue weighted by atomic mass is 16.5. The first-order valence-corrected chi connectivity index (χ1v) is 12.2. The summed E-state index contributed by atoms with van der Waals surface area (Å²) >= 11 is 0. The summed E-state index contributed by atoms with van der Waals surface area (Å²) in [5.41, 5.74) is 4.99. The zero-order chi connectivity index (χ0) is 24.6. The maximum Gasteiger partial charge on any atom is 0.313 e. The molecule has 1 amide bonds. The second kappa shape index (κ2) is 9.00. The van der Waals surface area contributed by atoms with E-state index in [0.717, 1.165) is 36.3 Å². The zero-order valence-corrected chi connectivity index (χ0v) is 19.6. The zero-order valence-electron chi connectivity index (χ0n) is 19.6. The number of aliphatic carboxylic acids is 1. The van der Waals surface area contributed by atoms with Gasteiger partial charge in [0.1, 0.15) is 17.4 Å². The van der Waals surface area contributed by atoms with Gasteiger partial charge < -0.3 is 9.84 Å². The van der Waals surface area contributed by atoms with E-state index in [1.165, 1.54) is 11.1 Å². The Kier molecular flexibility index (Phi) is 5.53. The fraction of sp³-hybridized carbons (Fsp3) is 0.161. The SMILES string of the molecule is O=C(O)[C@H]1c2ccccc2C(=O)N(c2ccc3c(c2)CCC3)[C@@H]1c1ccc(Oc2ccccc2)cc1. The van der Waals surface area contributed by atoms with Crippen LogP contribution < -0.4 is 9.64 Å². The third-order valence-corrected chi connectivity index (χ3v) is 7.17. The maximum atomic E-state index is 13.9. The molecule has 2 atom stereocenters. The standard InChI is InChI=1S/C31H25NO4/c33-30-27-12-5-4-11-26(27)28(31(34)35)29(32(30)23-16-13-20-7-6-8-22(20)19-23)21-14-17-25(18-15-21)36-24-9-2-1-3-10-24/h1-5,9-19,28-29H,6-8H2,(H,34,35)/t28-,29+/m0/s1. The van der Waals surface area contributed by atoms with E-state index in [0.29, 0.717) is 16.9 Å². The van der Waals surface area contributed by atoms with Crippen molar-refractivity contribution in [2.24, 2.45) is 0 Å². The Balaban J connectivity index is 1.46. The monoisotopic (exact) mass is 475 g/mol. The fourth-order valence-electron chi connectivity index (χ4n) is 5.49. The molecule has 178 valence electrons. The topological polar surface area (TPSA) is 66.8 Å². The van der Waals surface area contributed by atoms with E-state index in [-0.39, 0.29) is 5.91 Å². The molecule has 1 heterocycles. The molecule has 5 heteroatoms. The lowest BCUT2D eigenvalue weighted by Crippen LogP contribution is -2.45. The molecule has 0 bridgehead atoms. The lowest BCUT2D eigenvalue weighted by Gasteiger charge is -2.41. The Bertz CT molecular complexity index is 1450. The number of carbonyl (C=O) groups is 2. The normalized spacial score (nSPS) is 18.4. The van der Waals surface area contributed by atoms with Crippen LogP contribution >= 0.6 is 0 Å². The van der Waals surface area contributed by atoms with Crippen LogP contribution in [0.25, 0.3) is 0 Å². The van der Waals surface area contributed by atoms with Gasteiger partial charge in [-0.1, -0.05) is 54.6 Å². The molecule has 0 aromatic heterocycles. The van der Waals surface area contributed by atoms with Gasteiger partial charge >= 0.3 is 5.97 Å². The van der Waals surface area contributed by atoms with Gasteiger partial charge in [-0.05, 0) is 84.0 Å². The first kappa shape index (κ1) is 22.1. The number of aryl methyl sites for hydroxylation is 2. The van der Waals surface area contributed by atoms with Crippen molar-refractivity contribution in [2.75, 3.05) is 4.90 Å². The van der Waals surface area contributed by atoms with Crippen LogP contribution in [-0.4, -0.2) is 17.0 Å². The molecule has 0 spiro atoms. The summed E-state index contributed by atoms with van der Waals surface area (Å²) in [5, 5.41) is 10.4. The number of fused-ring (bicyclic) bond motifs is 2. The average Bonchev–Trinajstić information content (AvgIpc) is 3.37. The molecule has 0 unspecified atom stereocenters. The third kappa shape index (κ3) is 3.83. The number of nitrogens with zero attached hydrogens (tertiary/aromatic N) is 1. The molecule has 4 aromatic rings. The highest BCUT2D eigenvalue weighted by molar-refractivity contribution is 6.11. The van der Waals surface area contributed by atoms with Gasteiger partial charge in [0.05, 0.1) is 6.04 Å². The van der Waals surface area contributed by atoms with Gasteiger partial charge in [-0.15, -0.1) is 0 Å². The van der Waals surface area contributed by atoms with E-state index < -0.39 is 17.9 Å². The van der Waals surface area contributed by atoms with Gasteiger partial charge in [-0.3, -0.25) is 14.5 Å². The third-order valence-electron chi connectivity index (χ3n) is 7.17. The molecule has 2 aliphatic rings. The number of carboxylic acids is 1. The lowest BCUT2D eigenvalue weighted by molar-refractivity contribution is -0.139. The van der Waals surface area contributed by atoms with Crippen LogP contribution in [0.5, 0.6) is 11.5 Å². The van der Waals surface area contributed by atoms with Crippen LogP contribution in [0.1, 0.15) is 51.0 Å². The highest BCUT2D eigenvalue weighted by Gasteiger charge is 2.45. The number of anilines is 1. The Morgan fingerprint density at radius 1 is 0.806 bits per heavy atom. The second-order valence-corrected chi connectivity index (χ2v) is 9.31. The minimum atomic E-state index is -0.962. The number of hydrogen-bond donors (Lipinski definition) is 1. The van der Waals surface area contributed by atoms with Crippen molar-refractivity contribution in [3.63, 3.8) is 0 Å². The Hall–Kier alpha value is -4.38. The summed E-state index contributed by atoms with van der Waals surface area (Å²) in [7, 11) is 0. The largest absolute Gasteiger partial charge is 0.481 e. The van der Waals surface area contributed by atoms with Crippen LogP contribution in [0, 0.1) is 0 Å². The maximum absolute atomic E-state index is 13.9. The van der Waals surface area contributed by atoms with E-state index in [4.69, 9.17) is 4.74 Å². The predicted octanol–water partition coefficient (Wildman–Crippen LogP) is 6.54. The van der Waals surface area contributed by atoms with Gasteiger partial charge in [0.2, 0.25) is 0 Å². The summed E-state index contributed by atoms with van der Waals surface area (Å²) in [6.07, 6.45) is 3.11. The van der Waals surface area contributed by atoms with Gasteiger partial charge in [-0.25, -0.2) is 0 Å². The number of rotatable bonds is 5. The number of amides is 1. The molecular weight excluding hydrogens is 450 g/mol.